The Labute approximate surface area is 180 Å². The van der Waals surface area contributed by atoms with Gasteiger partial charge in [-0.05, 0) is 42.0 Å². The van der Waals surface area contributed by atoms with Crippen molar-refractivity contribution in [2.24, 2.45) is 0 Å². The van der Waals surface area contributed by atoms with Gasteiger partial charge in [0.1, 0.15) is 11.8 Å². The van der Waals surface area contributed by atoms with Crippen molar-refractivity contribution in [3.63, 3.8) is 0 Å². The third-order valence-corrected chi connectivity index (χ3v) is 5.15. The average molecular weight is 411 g/mol. The summed E-state index contributed by atoms with van der Waals surface area (Å²) in [6.07, 6.45) is 0.525. The lowest BCUT2D eigenvalue weighted by molar-refractivity contribution is -0.142. The van der Waals surface area contributed by atoms with Crippen molar-refractivity contribution in [2.45, 2.75) is 59.0 Å². The summed E-state index contributed by atoms with van der Waals surface area (Å²) in [6.45, 7) is 10.6. The maximum atomic E-state index is 13.1. The maximum absolute atomic E-state index is 13.1. The van der Waals surface area contributed by atoms with Crippen molar-refractivity contribution >= 4 is 11.8 Å². The Bertz CT molecular complexity index is 853. The zero-order chi connectivity index (χ0) is 22.3. The van der Waals surface area contributed by atoms with Gasteiger partial charge < -0.3 is 15.0 Å². The highest BCUT2D eigenvalue weighted by atomic mass is 16.5. The smallest absolute Gasteiger partial charge is 0.261 e. The summed E-state index contributed by atoms with van der Waals surface area (Å²) in [7, 11) is 1.59. The fourth-order valence-corrected chi connectivity index (χ4v) is 3.37. The van der Waals surface area contributed by atoms with Crippen molar-refractivity contribution in [2.75, 3.05) is 13.7 Å². The molecule has 0 radical (unpaired) electrons. The van der Waals surface area contributed by atoms with Gasteiger partial charge in [0.15, 0.2) is 6.61 Å². The summed E-state index contributed by atoms with van der Waals surface area (Å²) in [5.74, 6) is 0.250. The van der Waals surface area contributed by atoms with E-state index in [0.29, 0.717) is 18.7 Å². The lowest BCUT2D eigenvalue weighted by atomic mass is 9.87. The van der Waals surface area contributed by atoms with Crippen LogP contribution in [0.5, 0.6) is 5.75 Å². The summed E-state index contributed by atoms with van der Waals surface area (Å²) < 4.78 is 5.76. The van der Waals surface area contributed by atoms with Crippen LogP contribution < -0.4 is 10.1 Å². The third kappa shape index (κ3) is 6.34. The fraction of sp³-hybridized carbons (Fsp3) is 0.440. The van der Waals surface area contributed by atoms with Gasteiger partial charge in [0.05, 0.1) is 0 Å². The fourth-order valence-electron chi connectivity index (χ4n) is 3.37. The van der Waals surface area contributed by atoms with Crippen LogP contribution in [0.2, 0.25) is 0 Å². The predicted molar refractivity (Wildman–Crippen MR) is 121 cm³/mol. The molecule has 162 valence electrons. The number of carbonyl (C=O) groups excluding carboxylic acids is 2. The van der Waals surface area contributed by atoms with Crippen molar-refractivity contribution in [1.82, 2.24) is 10.2 Å². The van der Waals surface area contributed by atoms with Gasteiger partial charge in [-0.1, -0.05) is 69.7 Å². The van der Waals surface area contributed by atoms with E-state index >= 15 is 0 Å². The molecule has 5 heteroatoms. The van der Waals surface area contributed by atoms with Crippen LogP contribution >= 0.6 is 0 Å². The largest absolute Gasteiger partial charge is 0.484 e. The SMILES string of the molecule is CC[C@@H](C(=O)NC)N(Cc1cccc(C)c1)C(=O)COc1ccc(C(C)(C)C)cc1. The zero-order valence-corrected chi connectivity index (χ0v) is 19.0. The number of nitrogens with one attached hydrogen (secondary N) is 1. The van der Waals surface area contributed by atoms with Gasteiger partial charge in [0, 0.05) is 13.6 Å². The second-order valence-corrected chi connectivity index (χ2v) is 8.61. The highest BCUT2D eigenvalue weighted by Gasteiger charge is 2.28. The maximum Gasteiger partial charge on any atom is 0.261 e. The Morgan fingerprint density at radius 3 is 2.30 bits per heavy atom. The molecule has 0 heterocycles. The molecule has 0 bridgehead atoms. The summed E-state index contributed by atoms with van der Waals surface area (Å²) in [5, 5.41) is 2.67. The molecule has 0 aliphatic rings. The molecular formula is C25H34N2O3. The minimum atomic E-state index is -0.546. The van der Waals surface area contributed by atoms with E-state index in [-0.39, 0.29) is 23.8 Å². The summed E-state index contributed by atoms with van der Waals surface area (Å²) in [5.41, 5.74) is 3.36. The molecule has 2 aromatic carbocycles. The molecule has 2 rings (SSSR count). The molecule has 2 amide bonds. The number of benzene rings is 2. The van der Waals surface area contributed by atoms with Gasteiger partial charge in [0.2, 0.25) is 5.91 Å². The van der Waals surface area contributed by atoms with Gasteiger partial charge in [-0.2, -0.15) is 0 Å². The van der Waals surface area contributed by atoms with Gasteiger partial charge in [-0.25, -0.2) is 0 Å². The first-order valence-electron chi connectivity index (χ1n) is 10.5. The molecule has 0 fully saturated rings. The minimum absolute atomic E-state index is 0.0564. The Morgan fingerprint density at radius 2 is 1.77 bits per heavy atom. The van der Waals surface area contributed by atoms with Crippen LogP contribution in [0.15, 0.2) is 48.5 Å². The molecule has 0 unspecified atom stereocenters. The molecule has 0 spiro atoms. The van der Waals surface area contributed by atoms with Crippen LogP contribution in [-0.2, 0) is 21.5 Å². The quantitative estimate of drug-likeness (QED) is 0.709. The topological polar surface area (TPSA) is 58.6 Å². The lowest BCUT2D eigenvalue weighted by Crippen LogP contribution is -2.49. The van der Waals surface area contributed by atoms with E-state index in [9.17, 15) is 9.59 Å². The van der Waals surface area contributed by atoms with Crippen molar-refractivity contribution in [3.05, 3.63) is 65.2 Å². The van der Waals surface area contributed by atoms with Crippen LogP contribution in [0.25, 0.3) is 0 Å². The number of carbonyl (C=O) groups is 2. The predicted octanol–water partition coefficient (Wildman–Crippen LogP) is 4.22. The van der Waals surface area contributed by atoms with Crippen molar-refractivity contribution in [3.8, 4) is 5.75 Å². The normalized spacial score (nSPS) is 12.2. The number of hydrogen-bond donors (Lipinski definition) is 1. The minimum Gasteiger partial charge on any atom is -0.484 e. The molecule has 0 saturated heterocycles. The molecule has 1 atom stereocenters. The molecule has 30 heavy (non-hydrogen) atoms. The van der Waals surface area contributed by atoms with Crippen molar-refractivity contribution in [1.29, 1.82) is 0 Å². The van der Waals surface area contributed by atoms with E-state index < -0.39 is 6.04 Å². The van der Waals surface area contributed by atoms with E-state index in [2.05, 4.69) is 26.1 Å². The first-order chi connectivity index (χ1) is 14.2. The first-order valence-corrected chi connectivity index (χ1v) is 10.5. The second-order valence-electron chi connectivity index (χ2n) is 8.61. The van der Waals surface area contributed by atoms with E-state index in [4.69, 9.17) is 4.74 Å². The number of aryl methyl sites for hydroxylation is 1. The number of hydrogen-bond acceptors (Lipinski definition) is 3. The van der Waals surface area contributed by atoms with Gasteiger partial charge >= 0.3 is 0 Å². The van der Waals surface area contributed by atoms with Gasteiger partial charge in [-0.15, -0.1) is 0 Å². The van der Waals surface area contributed by atoms with Crippen LogP contribution in [-0.4, -0.2) is 36.4 Å². The molecule has 0 aromatic heterocycles. The molecule has 0 saturated carbocycles. The summed E-state index contributed by atoms with van der Waals surface area (Å²) in [6, 6.07) is 15.2. The first kappa shape index (κ1) is 23.5. The van der Waals surface area contributed by atoms with Crippen LogP contribution in [0, 0.1) is 6.92 Å². The third-order valence-electron chi connectivity index (χ3n) is 5.15. The van der Waals surface area contributed by atoms with Crippen LogP contribution in [0.1, 0.15) is 50.8 Å². The lowest BCUT2D eigenvalue weighted by Gasteiger charge is -2.30. The number of nitrogens with zero attached hydrogens (tertiary/aromatic N) is 1. The molecular weight excluding hydrogens is 376 g/mol. The van der Waals surface area contributed by atoms with E-state index in [1.165, 1.54) is 5.56 Å². The molecule has 0 aliphatic carbocycles. The summed E-state index contributed by atoms with van der Waals surface area (Å²) >= 11 is 0. The van der Waals surface area contributed by atoms with E-state index in [1.54, 1.807) is 11.9 Å². The van der Waals surface area contributed by atoms with E-state index in [0.717, 1.165) is 11.1 Å². The zero-order valence-electron chi connectivity index (χ0n) is 19.0. The number of rotatable bonds is 8. The van der Waals surface area contributed by atoms with Gasteiger partial charge in [-0.3, -0.25) is 9.59 Å². The van der Waals surface area contributed by atoms with E-state index in [1.807, 2.05) is 62.4 Å². The Morgan fingerprint density at radius 1 is 1.10 bits per heavy atom. The highest BCUT2D eigenvalue weighted by molar-refractivity contribution is 5.88. The van der Waals surface area contributed by atoms with Gasteiger partial charge in [0.25, 0.3) is 5.91 Å². The monoisotopic (exact) mass is 410 g/mol. The Hall–Kier alpha value is -2.82. The Kier molecular flexibility index (Phi) is 8.04. The number of ether oxygens (including phenoxy) is 1. The summed E-state index contributed by atoms with van der Waals surface area (Å²) in [4.78, 5) is 27.1. The molecule has 0 aliphatic heterocycles. The second kappa shape index (κ2) is 10.3. The number of amides is 2. The van der Waals surface area contributed by atoms with Crippen LogP contribution in [0.4, 0.5) is 0 Å². The molecule has 2 aromatic rings. The Balaban J connectivity index is 2.16. The van der Waals surface area contributed by atoms with Crippen LogP contribution in [0.3, 0.4) is 0 Å². The molecule has 5 nitrogen and oxygen atoms in total. The van der Waals surface area contributed by atoms with Crippen molar-refractivity contribution < 1.29 is 14.3 Å². The molecule has 1 N–H and O–H groups in total. The average Bonchev–Trinajstić information content (AvgIpc) is 2.71. The number of likely N-dealkylation sites (N-methyl/N-ethyl adjacent to an activating group) is 1. The highest BCUT2D eigenvalue weighted by Crippen LogP contribution is 2.24. The standard InChI is InChI=1S/C25H34N2O3/c1-7-22(24(29)26-6)27(16-19-10-8-9-18(2)15-19)23(28)17-30-21-13-11-20(12-14-21)25(3,4)5/h8-15,22H,7,16-17H2,1-6H3,(H,26,29)/t22-/m0/s1.